The monoisotopic (exact) mass is 278 g/mol. The summed E-state index contributed by atoms with van der Waals surface area (Å²) >= 11 is 5.90. The Morgan fingerprint density at radius 2 is 1.95 bits per heavy atom. The van der Waals surface area contributed by atoms with E-state index < -0.39 is 0 Å². The van der Waals surface area contributed by atoms with Gasteiger partial charge in [0.25, 0.3) is 0 Å². The van der Waals surface area contributed by atoms with Crippen LogP contribution in [0.3, 0.4) is 0 Å². The molecule has 102 valence electrons. The van der Waals surface area contributed by atoms with Crippen LogP contribution in [0.4, 0.5) is 0 Å². The first-order valence-electron chi connectivity index (χ1n) is 6.97. The van der Waals surface area contributed by atoms with E-state index in [2.05, 4.69) is 12.2 Å². The van der Waals surface area contributed by atoms with Crippen LogP contribution < -0.4 is 5.32 Å². The Morgan fingerprint density at radius 3 is 2.58 bits per heavy atom. The van der Waals surface area contributed by atoms with Crippen LogP contribution in [0.25, 0.3) is 0 Å². The summed E-state index contributed by atoms with van der Waals surface area (Å²) < 4.78 is 0. The zero-order valence-corrected chi connectivity index (χ0v) is 11.9. The molecule has 0 radical (unpaired) electrons. The van der Waals surface area contributed by atoms with Gasteiger partial charge in [-0.25, -0.2) is 0 Å². The van der Waals surface area contributed by atoms with Crippen LogP contribution in [0.5, 0.6) is 0 Å². The van der Waals surface area contributed by atoms with Gasteiger partial charge in [-0.3, -0.25) is 4.79 Å². The van der Waals surface area contributed by atoms with E-state index in [1.165, 1.54) is 12.8 Å². The first kappa shape index (κ1) is 12.9. The van der Waals surface area contributed by atoms with Crippen LogP contribution in [0, 0.1) is 0 Å². The average molecular weight is 279 g/mol. The largest absolute Gasteiger partial charge is 0.335 e. The molecule has 1 heterocycles. The zero-order chi connectivity index (χ0) is 13.4. The van der Waals surface area contributed by atoms with Gasteiger partial charge in [0.15, 0.2) is 0 Å². The minimum absolute atomic E-state index is 0.0299. The lowest BCUT2D eigenvalue weighted by Gasteiger charge is -2.25. The van der Waals surface area contributed by atoms with Crippen molar-refractivity contribution in [2.24, 2.45) is 0 Å². The van der Waals surface area contributed by atoms with Gasteiger partial charge in [-0.05, 0) is 43.9 Å². The third-order valence-corrected chi connectivity index (χ3v) is 4.33. The maximum atomic E-state index is 12.4. The molecule has 19 heavy (non-hydrogen) atoms. The highest BCUT2D eigenvalue weighted by atomic mass is 35.5. The number of rotatable bonds is 4. The second-order valence-corrected chi connectivity index (χ2v) is 5.98. The highest BCUT2D eigenvalue weighted by molar-refractivity contribution is 6.30. The number of amides is 1. The lowest BCUT2D eigenvalue weighted by Crippen LogP contribution is -2.40. The topological polar surface area (TPSA) is 32.3 Å². The SMILES string of the molecule is CC(c1ccc(Cl)cc1)N1CCC(NC2CC2)C1=O. The molecular weight excluding hydrogens is 260 g/mol. The van der Waals surface area contributed by atoms with E-state index in [9.17, 15) is 4.79 Å². The van der Waals surface area contributed by atoms with Gasteiger partial charge < -0.3 is 10.2 Å². The molecule has 0 bridgehead atoms. The molecule has 2 atom stereocenters. The average Bonchev–Trinajstić information content (AvgIpc) is 3.15. The molecule has 2 aliphatic rings. The maximum absolute atomic E-state index is 12.4. The van der Waals surface area contributed by atoms with Gasteiger partial charge in [-0.15, -0.1) is 0 Å². The number of likely N-dealkylation sites (tertiary alicyclic amines) is 1. The van der Waals surface area contributed by atoms with Crippen molar-refractivity contribution >= 4 is 17.5 Å². The van der Waals surface area contributed by atoms with Gasteiger partial charge in [0.05, 0.1) is 12.1 Å². The molecule has 1 aromatic rings. The molecule has 3 nitrogen and oxygen atoms in total. The summed E-state index contributed by atoms with van der Waals surface area (Å²) in [4.78, 5) is 14.4. The minimum Gasteiger partial charge on any atom is -0.335 e. The van der Waals surface area contributed by atoms with Crippen molar-refractivity contribution in [2.75, 3.05) is 6.54 Å². The number of nitrogens with one attached hydrogen (secondary N) is 1. The first-order valence-corrected chi connectivity index (χ1v) is 7.35. The molecule has 0 spiro atoms. The molecule has 4 heteroatoms. The van der Waals surface area contributed by atoms with Gasteiger partial charge in [0.2, 0.25) is 5.91 Å². The number of nitrogens with zero attached hydrogens (tertiary/aromatic N) is 1. The van der Waals surface area contributed by atoms with Crippen molar-refractivity contribution in [3.8, 4) is 0 Å². The van der Waals surface area contributed by atoms with Crippen molar-refractivity contribution in [1.82, 2.24) is 10.2 Å². The Bertz CT molecular complexity index is 470. The fourth-order valence-electron chi connectivity index (χ4n) is 2.70. The highest BCUT2D eigenvalue weighted by Crippen LogP contribution is 2.28. The van der Waals surface area contributed by atoms with Gasteiger partial charge >= 0.3 is 0 Å². The predicted molar refractivity (Wildman–Crippen MR) is 76.1 cm³/mol. The predicted octanol–water partition coefficient (Wildman–Crippen LogP) is 2.75. The Hall–Kier alpha value is -1.06. The number of carbonyl (C=O) groups is 1. The second kappa shape index (κ2) is 5.14. The van der Waals surface area contributed by atoms with Crippen LogP contribution in [0.1, 0.15) is 37.8 Å². The maximum Gasteiger partial charge on any atom is 0.240 e. The molecule has 1 saturated heterocycles. The van der Waals surface area contributed by atoms with Crippen molar-refractivity contribution < 1.29 is 4.79 Å². The van der Waals surface area contributed by atoms with E-state index in [0.717, 1.165) is 23.6 Å². The number of hydrogen-bond donors (Lipinski definition) is 1. The number of hydrogen-bond acceptors (Lipinski definition) is 2. The molecule has 3 rings (SSSR count). The van der Waals surface area contributed by atoms with Gasteiger partial charge in [0, 0.05) is 17.6 Å². The standard InChI is InChI=1S/C15H19ClN2O/c1-10(11-2-4-12(16)5-3-11)18-9-8-14(15(18)19)17-13-6-7-13/h2-5,10,13-14,17H,6-9H2,1H3. The molecule has 1 aliphatic carbocycles. The second-order valence-electron chi connectivity index (χ2n) is 5.54. The molecule has 1 N–H and O–H groups in total. The van der Waals surface area contributed by atoms with Crippen molar-refractivity contribution in [3.63, 3.8) is 0 Å². The zero-order valence-electron chi connectivity index (χ0n) is 11.1. The lowest BCUT2D eigenvalue weighted by atomic mass is 10.1. The third kappa shape index (κ3) is 2.77. The summed E-state index contributed by atoms with van der Waals surface area (Å²) in [6, 6.07) is 8.50. The quantitative estimate of drug-likeness (QED) is 0.918. The molecular formula is C15H19ClN2O. The Balaban J connectivity index is 1.68. The molecule has 2 unspecified atom stereocenters. The Labute approximate surface area is 118 Å². The van der Waals surface area contributed by atoms with E-state index in [4.69, 9.17) is 11.6 Å². The normalized spacial score (nSPS) is 24.8. The molecule has 1 amide bonds. The minimum atomic E-state index is 0.0299. The first-order chi connectivity index (χ1) is 9.15. The summed E-state index contributed by atoms with van der Waals surface area (Å²) in [6.45, 7) is 2.92. The molecule has 1 aliphatic heterocycles. The number of halogens is 1. The summed E-state index contributed by atoms with van der Waals surface area (Å²) in [5.74, 6) is 0.245. The van der Waals surface area contributed by atoms with Crippen LogP contribution in [-0.2, 0) is 4.79 Å². The Kier molecular flexibility index (Phi) is 3.50. The van der Waals surface area contributed by atoms with E-state index in [1.807, 2.05) is 29.2 Å². The van der Waals surface area contributed by atoms with E-state index in [1.54, 1.807) is 0 Å². The van der Waals surface area contributed by atoms with Crippen molar-refractivity contribution in [3.05, 3.63) is 34.9 Å². The smallest absolute Gasteiger partial charge is 0.240 e. The number of benzene rings is 1. The van der Waals surface area contributed by atoms with Gasteiger partial charge in [0.1, 0.15) is 0 Å². The Morgan fingerprint density at radius 1 is 1.26 bits per heavy atom. The van der Waals surface area contributed by atoms with Crippen molar-refractivity contribution in [1.29, 1.82) is 0 Å². The summed E-state index contributed by atoms with van der Waals surface area (Å²) in [5, 5.41) is 4.17. The lowest BCUT2D eigenvalue weighted by molar-refractivity contribution is -0.131. The molecule has 0 aromatic heterocycles. The van der Waals surface area contributed by atoms with Crippen LogP contribution in [0.15, 0.2) is 24.3 Å². The van der Waals surface area contributed by atoms with Crippen LogP contribution in [0.2, 0.25) is 5.02 Å². The van der Waals surface area contributed by atoms with E-state index in [-0.39, 0.29) is 18.0 Å². The van der Waals surface area contributed by atoms with E-state index >= 15 is 0 Å². The van der Waals surface area contributed by atoms with Crippen molar-refractivity contribution in [2.45, 2.75) is 44.3 Å². The fraction of sp³-hybridized carbons (Fsp3) is 0.533. The molecule has 1 saturated carbocycles. The summed E-state index contributed by atoms with van der Waals surface area (Å²) in [5.41, 5.74) is 1.14. The molecule has 2 fully saturated rings. The van der Waals surface area contributed by atoms with E-state index in [0.29, 0.717) is 6.04 Å². The summed E-state index contributed by atoms with van der Waals surface area (Å²) in [7, 11) is 0. The third-order valence-electron chi connectivity index (χ3n) is 4.07. The highest BCUT2D eigenvalue weighted by Gasteiger charge is 2.37. The van der Waals surface area contributed by atoms with Crippen LogP contribution in [-0.4, -0.2) is 29.4 Å². The van der Waals surface area contributed by atoms with Gasteiger partial charge in [-0.1, -0.05) is 23.7 Å². The fourth-order valence-corrected chi connectivity index (χ4v) is 2.82. The van der Waals surface area contributed by atoms with Crippen LogP contribution >= 0.6 is 11.6 Å². The molecule has 1 aromatic carbocycles. The van der Waals surface area contributed by atoms with Gasteiger partial charge in [-0.2, -0.15) is 0 Å². The summed E-state index contributed by atoms with van der Waals surface area (Å²) in [6.07, 6.45) is 3.36. The number of carbonyl (C=O) groups excluding carboxylic acids is 1.